The molecule has 0 aromatic carbocycles. The Morgan fingerprint density at radius 2 is 2.08 bits per heavy atom. The molecule has 1 fully saturated rings. The minimum Gasteiger partial charge on any atom is -0.465 e. The van der Waals surface area contributed by atoms with Crippen LogP contribution in [0, 0.1) is 0 Å². The standard InChI is InChI=1S/C16H20N2O5S/c1-22-16(21)12-10-5-2-6-11(10)24-15(12)18-14(20)13(19)17-8-9-4-3-7-23-9/h9H,2-8H2,1H3,(H,17,19)(H,18,20). The third-order valence-electron chi connectivity index (χ3n) is 4.26. The molecule has 1 aromatic rings. The molecule has 0 radical (unpaired) electrons. The van der Waals surface area contributed by atoms with Crippen molar-refractivity contribution in [2.24, 2.45) is 0 Å². The second-order valence-corrected chi connectivity index (χ2v) is 6.96. The summed E-state index contributed by atoms with van der Waals surface area (Å²) in [6.45, 7) is 1.01. The molecule has 0 spiro atoms. The maximum absolute atomic E-state index is 12.1. The van der Waals surface area contributed by atoms with Gasteiger partial charge in [0, 0.05) is 18.0 Å². The van der Waals surface area contributed by atoms with Crippen LogP contribution in [0.25, 0.3) is 0 Å². The molecule has 0 bridgehead atoms. The van der Waals surface area contributed by atoms with Crippen molar-refractivity contribution < 1.29 is 23.9 Å². The summed E-state index contributed by atoms with van der Waals surface area (Å²) in [5.41, 5.74) is 1.32. The van der Waals surface area contributed by atoms with Gasteiger partial charge in [-0.1, -0.05) is 0 Å². The third-order valence-corrected chi connectivity index (χ3v) is 5.47. The monoisotopic (exact) mass is 352 g/mol. The molecule has 1 unspecified atom stereocenters. The molecule has 3 rings (SSSR count). The lowest BCUT2D eigenvalue weighted by molar-refractivity contribution is -0.136. The van der Waals surface area contributed by atoms with Gasteiger partial charge in [0.2, 0.25) is 0 Å². The van der Waals surface area contributed by atoms with Gasteiger partial charge in [-0.15, -0.1) is 11.3 Å². The summed E-state index contributed by atoms with van der Waals surface area (Å²) in [6.07, 6.45) is 4.48. The first-order chi connectivity index (χ1) is 11.6. The number of thiophene rings is 1. The number of carbonyl (C=O) groups is 3. The SMILES string of the molecule is COC(=O)c1c(NC(=O)C(=O)NCC2CCCO2)sc2c1CCC2. The number of fused-ring (bicyclic) bond motifs is 1. The largest absolute Gasteiger partial charge is 0.465 e. The van der Waals surface area contributed by atoms with E-state index in [-0.39, 0.29) is 6.10 Å². The van der Waals surface area contributed by atoms with E-state index in [0.29, 0.717) is 23.7 Å². The van der Waals surface area contributed by atoms with E-state index in [0.717, 1.165) is 42.5 Å². The summed E-state index contributed by atoms with van der Waals surface area (Å²) in [4.78, 5) is 37.1. The maximum Gasteiger partial charge on any atom is 0.341 e. The second kappa shape index (κ2) is 7.31. The van der Waals surface area contributed by atoms with E-state index in [4.69, 9.17) is 9.47 Å². The lowest BCUT2D eigenvalue weighted by Gasteiger charge is -2.11. The van der Waals surface area contributed by atoms with Crippen LogP contribution in [0.4, 0.5) is 5.00 Å². The lowest BCUT2D eigenvalue weighted by atomic mass is 10.1. The smallest absolute Gasteiger partial charge is 0.341 e. The Morgan fingerprint density at radius 1 is 1.25 bits per heavy atom. The number of hydrogen-bond donors (Lipinski definition) is 2. The van der Waals surface area contributed by atoms with Gasteiger partial charge in [0.25, 0.3) is 0 Å². The number of methoxy groups -OCH3 is 1. The number of aryl methyl sites for hydroxylation is 1. The number of carbonyl (C=O) groups excluding carboxylic acids is 3. The first-order valence-electron chi connectivity index (χ1n) is 8.03. The fourth-order valence-corrected chi connectivity index (χ4v) is 4.33. The maximum atomic E-state index is 12.1. The first kappa shape index (κ1) is 16.9. The van der Waals surface area contributed by atoms with Gasteiger partial charge in [0.15, 0.2) is 0 Å². The minimum absolute atomic E-state index is 0.0297. The highest BCUT2D eigenvalue weighted by molar-refractivity contribution is 7.17. The highest BCUT2D eigenvalue weighted by Crippen LogP contribution is 2.39. The quantitative estimate of drug-likeness (QED) is 0.628. The molecule has 0 saturated carbocycles. The van der Waals surface area contributed by atoms with Crippen molar-refractivity contribution in [3.8, 4) is 0 Å². The number of anilines is 1. The van der Waals surface area contributed by atoms with Crippen LogP contribution in [0.2, 0.25) is 0 Å². The highest BCUT2D eigenvalue weighted by Gasteiger charge is 2.29. The molecule has 8 heteroatoms. The number of esters is 1. The van der Waals surface area contributed by atoms with E-state index in [2.05, 4.69) is 10.6 Å². The Hall–Kier alpha value is -1.93. The van der Waals surface area contributed by atoms with E-state index in [9.17, 15) is 14.4 Å². The van der Waals surface area contributed by atoms with Gasteiger partial charge in [0.1, 0.15) is 5.00 Å². The van der Waals surface area contributed by atoms with E-state index in [1.165, 1.54) is 18.4 Å². The fourth-order valence-electron chi connectivity index (χ4n) is 3.06. The average molecular weight is 352 g/mol. The molecular formula is C16H20N2O5S. The zero-order valence-electron chi connectivity index (χ0n) is 13.5. The van der Waals surface area contributed by atoms with Gasteiger partial charge in [-0.05, 0) is 37.7 Å². The summed E-state index contributed by atoms with van der Waals surface area (Å²) in [7, 11) is 1.31. The summed E-state index contributed by atoms with van der Waals surface area (Å²) < 4.78 is 10.2. The molecule has 1 atom stereocenters. The molecule has 1 saturated heterocycles. The molecule has 1 aliphatic carbocycles. The Bertz CT molecular complexity index is 664. The topological polar surface area (TPSA) is 93.7 Å². The summed E-state index contributed by atoms with van der Waals surface area (Å²) in [6, 6.07) is 0. The van der Waals surface area contributed by atoms with E-state index < -0.39 is 17.8 Å². The highest BCUT2D eigenvalue weighted by atomic mass is 32.1. The van der Waals surface area contributed by atoms with Crippen molar-refractivity contribution in [2.45, 2.75) is 38.2 Å². The zero-order valence-corrected chi connectivity index (χ0v) is 14.3. The van der Waals surface area contributed by atoms with Crippen molar-refractivity contribution in [2.75, 3.05) is 25.6 Å². The molecule has 2 N–H and O–H groups in total. The van der Waals surface area contributed by atoms with Crippen LogP contribution in [0.1, 0.15) is 40.1 Å². The number of amides is 2. The van der Waals surface area contributed by atoms with Crippen molar-refractivity contribution in [3.05, 3.63) is 16.0 Å². The molecule has 7 nitrogen and oxygen atoms in total. The molecule has 2 aliphatic rings. The lowest BCUT2D eigenvalue weighted by Crippen LogP contribution is -2.39. The van der Waals surface area contributed by atoms with Crippen LogP contribution < -0.4 is 10.6 Å². The molecule has 1 aliphatic heterocycles. The molecule has 1 aromatic heterocycles. The van der Waals surface area contributed by atoms with E-state index in [1.807, 2.05) is 0 Å². The number of ether oxygens (including phenoxy) is 2. The third kappa shape index (κ3) is 3.44. The van der Waals surface area contributed by atoms with Crippen LogP contribution in [0.5, 0.6) is 0 Å². The van der Waals surface area contributed by atoms with Crippen molar-refractivity contribution in [1.29, 1.82) is 0 Å². The average Bonchev–Trinajstić information content (AvgIpc) is 3.28. The first-order valence-corrected chi connectivity index (χ1v) is 8.85. The van der Waals surface area contributed by atoms with Crippen LogP contribution in [0.3, 0.4) is 0 Å². The predicted octanol–water partition coefficient (Wildman–Crippen LogP) is 1.26. The predicted molar refractivity (Wildman–Crippen MR) is 88.3 cm³/mol. The molecule has 2 amide bonds. The van der Waals surface area contributed by atoms with Gasteiger partial charge in [-0.2, -0.15) is 0 Å². The van der Waals surface area contributed by atoms with Gasteiger partial charge in [-0.3, -0.25) is 9.59 Å². The van der Waals surface area contributed by atoms with Gasteiger partial charge in [-0.25, -0.2) is 4.79 Å². The zero-order chi connectivity index (χ0) is 17.1. The van der Waals surface area contributed by atoms with Gasteiger partial charge >= 0.3 is 17.8 Å². The van der Waals surface area contributed by atoms with Gasteiger partial charge < -0.3 is 20.1 Å². The van der Waals surface area contributed by atoms with Crippen molar-refractivity contribution in [3.63, 3.8) is 0 Å². The van der Waals surface area contributed by atoms with Crippen LogP contribution in [-0.4, -0.2) is 44.1 Å². The molecule has 130 valence electrons. The Balaban J connectivity index is 1.65. The number of nitrogens with one attached hydrogen (secondary N) is 2. The molecule has 24 heavy (non-hydrogen) atoms. The second-order valence-electron chi connectivity index (χ2n) is 5.85. The Morgan fingerprint density at radius 3 is 2.79 bits per heavy atom. The minimum atomic E-state index is -0.780. The van der Waals surface area contributed by atoms with Crippen LogP contribution in [-0.2, 0) is 31.9 Å². The number of rotatable bonds is 4. The molecule has 2 heterocycles. The molecular weight excluding hydrogens is 332 g/mol. The van der Waals surface area contributed by atoms with Crippen molar-refractivity contribution >= 4 is 34.1 Å². The van der Waals surface area contributed by atoms with E-state index >= 15 is 0 Å². The Kier molecular flexibility index (Phi) is 5.15. The number of hydrogen-bond acceptors (Lipinski definition) is 6. The van der Waals surface area contributed by atoms with Gasteiger partial charge in [0.05, 0.1) is 18.8 Å². The summed E-state index contributed by atoms with van der Waals surface area (Å²) >= 11 is 1.34. The summed E-state index contributed by atoms with van der Waals surface area (Å²) in [5.74, 6) is -1.99. The summed E-state index contributed by atoms with van der Waals surface area (Å²) in [5, 5.41) is 5.52. The normalized spacial score (nSPS) is 19.0. The van der Waals surface area contributed by atoms with Crippen molar-refractivity contribution in [1.82, 2.24) is 5.32 Å². The fraction of sp³-hybridized carbons (Fsp3) is 0.562. The van der Waals surface area contributed by atoms with Crippen LogP contribution in [0.15, 0.2) is 0 Å². The van der Waals surface area contributed by atoms with Crippen LogP contribution >= 0.6 is 11.3 Å². The van der Waals surface area contributed by atoms with E-state index in [1.54, 1.807) is 0 Å². The Labute approximate surface area is 143 Å².